The fraction of sp³-hybridized carbons (Fsp3) is 0.316. The van der Waals surface area contributed by atoms with Gasteiger partial charge in [0, 0.05) is 38.6 Å². The van der Waals surface area contributed by atoms with E-state index in [0.29, 0.717) is 26.2 Å². The average Bonchev–Trinajstić information content (AvgIpc) is 2.96. The summed E-state index contributed by atoms with van der Waals surface area (Å²) < 4.78 is 0. The van der Waals surface area contributed by atoms with E-state index in [-0.39, 0.29) is 18.5 Å². The zero-order valence-electron chi connectivity index (χ0n) is 14.3. The van der Waals surface area contributed by atoms with Crippen LogP contribution in [0.25, 0.3) is 0 Å². The van der Waals surface area contributed by atoms with Crippen molar-refractivity contribution in [3.63, 3.8) is 0 Å². The number of rotatable bonds is 6. The first-order valence-corrected chi connectivity index (χ1v) is 8.37. The standard InChI is InChI=1S/C19H22N4O2/c1-15-5-2-3-7-17(15)13-22-9-10-23(19(22)25)14-18(24)21-12-16-6-4-8-20-11-16/h2-8,11H,9-10,12-14H2,1H3,(H,21,24). The Labute approximate surface area is 147 Å². The molecule has 0 atom stereocenters. The number of nitrogens with one attached hydrogen (secondary N) is 1. The van der Waals surface area contributed by atoms with Crippen molar-refractivity contribution in [2.75, 3.05) is 19.6 Å². The molecule has 0 radical (unpaired) electrons. The molecular weight excluding hydrogens is 316 g/mol. The summed E-state index contributed by atoms with van der Waals surface area (Å²) in [4.78, 5) is 32.0. The van der Waals surface area contributed by atoms with Crippen molar-refractivity contribution >= 4 is 11.9 Å². The lowest BCUT2D eigenvalue weighted by molar-refractivity contribution is -0.121. The van der Waals surface area contributed by atoms with E-state index in [0.717, 1.165) is 11.1 Å². The van der Waals surface area contributed by atoms with Crippen molar-refractivity contribution in [1.82, 2.24) is 20.1 Å². The zero-order valence-corrected chi connectivity index (χ0v) is 14.3. The summed E-state index contributed by atoms with van der Waals surface area (Å²) >= 11 is 0. The number of aromatic nitrogens is 1. The van der Waals surface area contributed by atoms with Crippen molar-refractivity contribution in [2.24, 2.45) is 0 Å². The molecule has 1 aliphatic heterocycles. The molecule has 1 N–H and O–H groups in total. The van der Waals surface area contributed by atoms with Gasteiger partial charge >= 0.3 is 6.03 Å². The minimum Gasteiger partial charge on any atom is -0.350 e. The maximum absolute atomic E-state index is 12.5. The maximum atomic E-state index is 12.5. The Morgan fingerprint density at radius 2 is 1.96 bits per heavy atom. The lowest BCUT2D eigenvalue weighted by Crippen LogP contribution is -2.39. The summed E-state index contributed by atoms with van der Waals surface area (Å²) in [5.74, 6) is -0.157. The van der Waals surface area contributed by atoms with Crippen LogP contribution in [0.2, 0.25) is 0 Å². The van der Waals surface area contributed by atoms with Gasteiger partial charge < -0.3 is 15.1 Å². The molecule has 0 unspecified atom stereocenters. The molecule has 2 aromatic rings. The van der Waals surface area contributed by atoms with Crippen molar-refractivity contribution in [3.05, 3.63) is 65.5 Å². The summed E-state index contributed by atoms with van der Waals surface area (Å²) in [6, 6.07) is 11.7. The quantitative estimate of drug-likeness (QED) is 0.875. The zero-order chi connectivity index (χ0) is 17.6. The fourth-order valence-electron chi connectivity index (χ4n) is 2.85. The van der Waals surface area contributed by atoms with Crippen molar-refractivity contribution < 1.29 is 9.59 Å². The summed E-state index contributed by atoms with van der Waals surface area (Å²) in [7, 11) is 0. The first-order chi connectivity index (χ1) is 12.1. The maximum Gasteiger partial charge on any atom is 0.320 e. The molecule has 1 aromatic heterocycles. The number of carbonyl (C=O) groups is 2. The van der Waals surface area contributed by atoms with Crippen molar-refractivity contribution in [1.29, 1.82) is 0 Å². The Kier molecular flexibility index (Phi) is 5.28. The third kappa shape index (κ3) is 4.35. The molecule has 1 saturated heterocycles. The van der Waals surface area contributed by atoms with Gasteiger partial charge in [0.05, 0.1) is 0 Å². The molecule has 0 spiro atoms. The van der Waals surface area contributed by atoms with E-state index in [4.69, 9.17) is 0 Å². The Balaban J connectivity index is 1.50. The number of hydrogen-bond acceptors (Lipinski definition) is 3. The second kappa shape index (κ2) is 7.79. The number of pyridine rings is 1. The van der Waals surface area contributed by atoms with Crippen molar-refractivity contribution in [3.8, 4) is 0 Å². The van der Waals surface area contributed by atoms with Crippen LogP contribution in [0.5, 0.6) is 0 Å². The monoisotopic (exact) mass is 338 g/mol. The molecule has 1 aromatic carbocycles. The first kappa shape index (κ1) is 17.0. The molecule has 130 valence electrons. The van der Waals surface area contributed by atoms with E-state index in [1.807, 2.05) is 43.3 Å². The highest BCUT2D eigenvalue weighted by Gasteiger charge is 2.29. The van der Waals surface area contributed by atoms with Crippen LogP contribution in [0.15, 0.2) is 48.8 Å². The number of nitrogens with zero attached hydrogens (tertiary/aromatic N) is 3. The van der Waals surface area contributed by atoms with Crippen molar-refractivity contribution in [2.45, 2.75) is 20.0 Å². The fourth-order valence-corrected chi connectivity index (χ4v) is 2.85. The number of amides is 3. The van der Waals surface area contributed by atoms with Crippen LogP contribution in [0.4, 0.5) is 4.79 Å². The van der Waals surface area contributed by atoms with Gasteiger partial charge in [-0.25, -0.2) is 4.79 Å². The SMILES string of the molecule is Cc1ccccc1CN1CCN(CC(=O)NCc2cccnc2)C1=O. The molecule has 2 heterocycles. The minimum absolute atomic E-state index is 0.0835. The molecule has 1 aliphatic rings. The topological polar surface area (TPSA) is 65.5 Å². The Morgan fingerprint density at radius 1 is 1.16 bits per heavy atom. The van der Waals surface area contributed by atoms with Gasteiger partial charge in [-0.15, -0.1) is 0 Å². The molecule has 25 heavy (non-hydrogen) atoms. The predicted molar refractivity (Wildman–Crippen MR) is 94.6 cm³/mol. The van der Waals surface area contributed by atoms with Crippen LogP contribution in [-0.4, -0.2) is 46.4 Å². The van der Waals surface area contributed by atoms with Gasteiger partial charge in [0.2, 0.25) is 5.91 Å². The highest BCUT2D eigenvalue weighted by molar-refractivity contribution is 5.85. The normalized spacial score (nSPS) is 14.0. The molecular formula is C19H22N4O2. The first-order valence-electron chi connectivity index (χ1n) is 8.37. The van der Waals surface area contributed by atoms with E-state index in [1.165, 1.54) is 5.56 Å². The molecule has 3 rings (SSSR count). The lowest BCUT2D eigenvalue weighted by atomic mass is 10.1. The van der Waals surface area contributed by atoms with Gasteiger partial charge in [-0.3, -0.25) is 9.78 Å². The summed E-state index contributed by atoms with van der Waals surface area (Å²) in [5.41, 5.74) is 3.24. The average molecular weight is 338 g/mol. The summed E-state index contributed by atoms with van der Waals surface area (Å²) in [6.07, 6.45) is 3.41. The number of aryl methyl sites for hydroxylation is 1. The number of hydrogen-bond donors (Lipinski definition) is 1. The molecule has 6 nitrogen and oxygen atoms in total. The van der Waals surface area contributed by atoms with Gasteiger partial charge in [-0.1, -0.05) is 30.3 Å². The highest BCUT2D eigenvalue weighted by Crippen LogP contribution is 2.15. The van der Waals surface area contributed by atoms with Gasteiger partial charge in [0.1, 0.15) is 6.54 Å². The Hall–Kier alpha value is -2.89. The third-order valence-corrected chi connectivity index (χ3v) is 4.35. The Morgan fingerprint density at radius 3 is 2.72 bits per heavy atom. The van der Waals surface area contributed by atoms with Crippen LogP contribution < -0.4 is 5.32 Å². The number of urea groups is 1. The molecule has 0 aliphatic carbocycles. The molecule has 0 bridgehead atoms. The largest absolute Gasteiger partial charge is 0.350 e. The van der Waals surface area contributed by atoms with Gasteiger partial charge in [0.15, 0.2) is 0 Å². The van der Waals surface area contributed by atoms with E-state index in [9.17, 15) is 9.59 Å². The van der Waals surface area contributed by atoms with E-state index < -0.39 is 0 Å². The molecule has 1 fully saturated rings. The smallest absolute Gasteiger partial charge is 0.320 e. The Bertz CT molecular complexity index is 748. The molecule has 3 amide bonds. The second-order valence-electron chi connectivity index (χ2n) is 6.19. The lowest BCUT2D eigenvalue weighted by Gasteiger charge is -2.19. The number of benzene rings is 1. The van der Waals surface area contributed by atoms with Crippen LogP contribution in [0.1, 0.15) is 16.7 Å². The highest BCUT2D eigenvalue weighted by atomic mass is 16.2. The minimum atomic E-state index is -0.157. The van der Waals surface area contributed by atoms with Gasteiger partial charge in [-0.05, 0) is 29.7 Å². The van der Waals surface area contributed by atoms with Crippen LogP contribution in [0, 0.1) is 6.92 Å². The second-order valence-corrected chi connectivity index (χ2v) is 6.19. The van der Waals surface area contributed by atoms with E-state index >= 15 is 0 Å². The summed E-state index contributed by atoms with van der Waals surface area (Å²) in [5, 5.41) is 2.83. The molecule has 0 saturated carbocycles. The molecule has 6 heteroatoms. The van der Waals surface area contributed by atoms with Crippen LogP contribution in [0.3, 0.4) is 0 Å². The third-order valence-electron chi connectivity index (χ3n) is 4.35. The summed E-state index contributed by atoms with van der Waals surface area (Å²) in [6.45, 7) is 4.35. The predicted octanol–water partition coefficient (Wildman–Crippen LogP) is 1.94. The number of carbonyl (C=O) groups excluding carboxylic acids is 2. The van der Waals surface area contributed by atoms with Crippen LogP contribution >= 0.6 is 0 Å². The van der Waals surface area contributed by atoms with Crippen LogP contribution in [-0.2, 0) is 17.9 Å². The van der Waals surface area contributed by atoms with E-state index in [1.54, 1.807) is 22.2 Å². The van der Waals surface area contributed by atoms with E-state index in [2.05, 4.69) is 10.3 Å². The van der Waals surface area contributed by atoms with Gasteiger partial charge in [0.25, 0.3) is 0 Å². The van der Waals surface area contributed by atoms with Gasteiger partial charge in [-0.2, -0.15) is 0 Å².